The molecule has 3 aromatic carbocycles. The number of rotatable bonds is 9. The molecule has 41 heavy (non-hydrogen) atoms. The zero-order valence-corrected chi connectivity index (χ0v) is 24.7. The molecule has 0 saturated heterocycles. The summed E-state index contributed by atoms with van der Waals surface area (Å²) in [6.45, 7) is 0.549. The first-order valence-electron chi connectivity index (χ1n) is 12.7. The summed E-state index contributed by atoms with van der Waals surface area (Å²) in [5.41, 5.74) is 1.63. The molecule has 10 heteroatoms. The van der Waals surface area contributed by atoms with Crippen LogP contribution in [0.1, 0.15) is 11.1 Å². The van der Waals surface area contributed by atoms with Crippen LogP contribution in [0.25, 0.3) is 5.69 Å². The molecule has 0 spiro atoms. The van der Waals surface area contributed by atoms with Crippen molar-refractivity contribution in [2.45, 2.75) is 10.9 Å². The first kappa shape index (κ1) is 29.9. The number of imidazole rings is 1. The average Bonchev–Trinajstić information content (AvgIpc) is 3.35. The van der Waals surface area contributed by atoms with Gasteiger partial charge in [0.1, 0.15) is 29.8 Å². The molecule has 4 rings (SSSR count). The average molecular weight is 582 g/mol. The third-order valence-electron chi connectivity index (χ3n) is 6.17. The van der Waals surface area contributed by atoms with Crippen LogP contribution < -0.4 is 14.4 Å². The SMILES string of the molecule is COc1ccc(N(C)c2cnc(SCc3c(F)cc(C#CC[N+](C)(C)C)cc3F)n2-c2ccc(F)cc2)cc1OC. The van der Waals surface area contributed by atoms with E-state index < -0.39 is 11.6 Å². The number of quaternary nitrogens is 1. The van der Waals surface area contributed by atoms with Gasteiger partial charge in [-0.15, -0.1) is 0 Å². The maximum Gasteiger partial charge on any atom is 0.174 e. The lowest BCUT2D eigenvalue weighted by molar-refractivity contribution is -0.862. The molecule has 4 aromatic rings. The summed E-state index contributed by atoms with van der Waals surface area (Å²) < 4.78 is 57.0. The third-order valence-corrected chi connectivity index (χ3v) is 7.15. The Labute approximate surface area is 242 Å². The van der Waals surface area contributed by atoms with Crippen molar-refractivity contribution in [2.75, 3.05) is 53.9 Å². The van der Waals surface area contributed by atoms with Gasteiger partial charge in [-0.1, -0.05) is 17.7 Å². The molecule has 0 amide bonds. The number of ether oxygens (including phenoxy) is 2. The fraction of sp³-hybridized carbons (Fsp3) is 0.258. The standard InChI is InChI=1S/C31H32F3N4O2S/c1-36(24-13-14-28(39-5)29(18-24)40-6)30-19-35-31(37(30)23-11-9-22(32)10-12-23)41-20-25-26(33)16-21(17-27(25)34)8-7-15-38(2,3)4/h9-14,16-19H,15,20H2,1-6H3/q+1. The molecule has 0 saturated carbocycles. The summed E-state index contributed by atoms with van der Waals surface area (Å²) in [5, 5.41) is 0.476. The minimum atomic E-state index is -0.672. The normalized spacial score (nSPS) is 11.1. The summed E-state index contributed by atoms with van der Waals surface area (Å²) in [6.07, 6.45) is 1.65. The highest BCUT2D eigenvalue weighted by Crippen LogP contribution is 2.37. The van der Waals surface area contributed by atoms with E-state index in [9.17, 15) is 4.39 Å². The molecule has 0 bridgehead atoms. The van der Waals surface area contributed by atoms with E-state index in [1.165, 1.54) is 36.0 Å². The van der Waals surface area contributed by atoms with Crippen molar-refractivity contribution in [3.05, 3.63) is 89.4 Å². The minimum absolute atomic E-state index is 0.0119. The molecular weight excluding hydrogens is 549 g/mol. The Hall–Kier alpha value is -4.07. The van der Waals surface area contributed by atoms with Gasteiger partial charge in [-0.3, -0.25) is 4.57 Å². The Morgan fingerprint density at radius 2 is 1.59 bits per heavy atom. The lowest BCUT2D eigenvalue weighted by Crippen LogP contribution is -2.34. The first-order chi connectivity index (χ1) is 19.5. The van der Waals surface area contributed by atoms with Crippen LogP contribution in [0.4, 0.5) is 24.7 Å². The number of methoxy groups -OCH3 is 2. The van der Waals surface area contributed by atoms with E-state index in [0.29, 0.717) is 39.2 Å². The van der Waals surface area contributed by atoms with Gasteiger partial charge in [0.15, 0.2) is 16.7 Å². The molecule has 1 aromatic heterocycles. The lowest BCUT2D eigenvalue weighted by Gasteiger charge is -2.23. The molecule has 0 radical (unpaired) electrons. The maximum absolute atomic E-state index is 15.0. The largest absolute Gasteiger partial charge is 0.493 e. The number of hydrogen-bond acceptors (Lipinski definition) is 5. The Balaban J connectivity index is 1.66. The smallest absolute Gasteiger partial charge is 0.174 e. The Kier molecular flexibility index (Phi) is 9.21. The molecule has 0 unspecified atom stereocenters. The number of thioether (sulfide) groups is 1. The monoisotopic (exact) mass is 581 g/mol. The highest BCUT2D eigenvalue weighted by molar-refractivity contribution is 7.98. The van der Waals surface area contributed by atoms with Crippen molar-refractivity contribution in [1.82, 2.24) is 9.55 Å². The van der Waals surface area contributed by atoms with Crippen molar-refractivity contribution < 1.29 is 27.1 Å². The number of halogens is 3. The van der Waals surface area contributed by atoms with E-state index in [0.717, 1.165) is 5.69 Å². The van der Waals surface area contributed by atoms with Crippen LogP contribution >= 0.6 is 11.8 Å². The topological polar surface area (TPSA) is 39.5 Å². The van der Waals surface area contributed by atoms with E-state index in [1.807, 2.05) is 45.2 Å². The minimum Gasteiger partial charge on any atom is -0.493 e. The van der Waals surface area contributed by atoms with E-state index in [2.05, 4.69) is 16.8 Å². The molecule has 0 aliphatic carbocycles. The van der Waals surface area contributed by atoms with Crippen LogP contribution in [0.3, 0.4) is 0 Å². The van der Waals surface area contributed by atoms with Gasteiger partial charge in [0.25, 0.3) is 0 Å². The fourth-order valence-corrected chi connectivity index (χ4v) is 5.00. The van der Waals surface area contributed by atoms with E-state index in [1.54, 1.807) is 43.2 Å². The predicted molar refractivity (Wildman–Crippen MR) is 157 cm³/mol. The first-order valence-corrected chi connectivity index (χ1v) is 13.7. The van der Waals surface area contributed by atoms with Gasteiger partial charge in [-0.2, -0.15) is 0 Å². The van der Waals surface area contributed by atoms with Gasteiger partial charge in [-0.05, 0) is 54.5 Å². The molecule has 0 aliphatic rings. The van der Waals surface area contributed by atoms with Crippen molar-refractivity contribution in [2.24, 2.45) is 0 Å². The van der Waals surface area contributed by atoms with Crippen LogP contribution in [-0.2, 0) is 5.75 Å². The van der Waals surface area contributed by atoms with Crippen LogP contribution in [0.2, 0.25) is 0 Å². The highest BCUT2D eigenvalue weighted by Gasteiger charge is 2.20. The second kappa shape index (κ2) is 12.6. The predicted octanol–water partition coefficient (Wildman–Crippen LogP) is 6.42. The van der Waals surface area contributed by atoms with Gasteiger partial charge >= 0.3 is 0 Å². The Morgan fingerprint density at radius 3 is 2.20 bits per heavy atom. The second-order valence-electron chi connectivity index (χ2n) is 10.3. The number of hydrogen-bond donors (Lipinski definition) is 0. The molecule has 0 aliphatic heterocycles. The zero-order chi connectivity index (χ0) is 29.7. The van der Waals surface area contributed by atoms with Gasteiger partial charge in [0.2, 0.25) is 0 Å². The summed E-state index contributed by atoms with van der Waals surface area (Å²) >= 11 is 1.17. The van der Waals surface area contributed by atoms with Gasteiger partial charge in [0, 0.05) is 41.4 Å². The number of anilines is 2. The Morgan fingerprint density at radius 1 is 0.927 bits per heavy atom. The lowest BCUT2D eigenvalue weighted by atomic mass is 10.1. The van der Waals surface area contributed by atoms with Crippen LogP contribution in [0.15, 0.2) is 66.0 Å². The highest BCUT2D eigenvalue weighted by atomic mass is 32.2. The summed E-state index contributed by atoms with van der Waals surface area (Å²) in [4.78, 5) is 6.44. The molecule has 0 atom stereocenters. The van der Waals surface area contributed by atoms with Crippen molar-refractivity contribution in [1.29, 1.82) is 0 Å². The Bertz CT molecular complexity index is 1560. The molecular formula is C31H32F3N4O2S+. The maximum atomic E-state index is 15.0. The quantitative estimate of drug-likeness (QED) is 0.130. The summed E-state index contributed by atoms with van der Waals surface area (Å²) in [5.74, 6) is 5.86. The third kappa shape index (κ3) is 7.17. The molecule has 6 nitrogen and oxygen atoms in total. The van der Waals surface area contributed by atoms with Crippen molar-refractivity contribution in [3.8, 4) is 29.0 Å². The molecule has 0 N–H and O–H groups in total. The molecule has 0 fully saturated rings. The second-order valence-corrected chi connectivity index (χ2v) is 11.2. The molecule has 1 heterocycles. The van der Waals surface area contributed by atoms with Crippen molar-refractivity contribution >= 4 is 23.3 Å². The van der Waals surface area contributed by atoms with Crippen LogP contribution in [0.5, 0.6) is 11.5 Å². The van der Waals surface area contributed by atoms with Gasteiger partial charge in [-0.25, -0.2) is 18.2 Å². The summed E-state index contributed by atoms with van der Waals surface area (Å²) in [7, 11) is 10.9. The van der Waals surface area contributed by atoms with Crippen LogP contribution in [-0.4, -0.2) is 63.0 Å². The number of aromatic nitrogens is 2. The molecule has 214 valence electrons. The van der Waals surface area contributed by atoms with Crippen LogP contribution in [0, 0.1) is 29.3 Å². The van der Waals surface area contributed by atoms with Crippen molar-refractivity contribution in [3.63, 3.8) is 0 Å². The van der Waals surface area contributed by atoms with E-state index >= 15 is 8.78 Å². The van der Waals surface area contributed by atoms with E-state index in [-0.39, 0.29) is 22.7 Å². The fourth-order valence-electron chi connectivity index (χ4n) is 3.99. The number of benzene rings is 3. The zero-order valence-electron chi connectivity index (χ0n) is 23.8. The van der Waals surface area contributed by atoms with Gasteiger partial charge in [0.05, 0.1) is 41.6 Å². The summed E-state index contributed by atoms with van der Waals surface area (Å²) in [6, 6.07) is 13.9. The number of nitrogens with zero attached hydrogens (tertiary/aromatic N) is 4. The van der Waals surface area contributed by atoms with E-state index in [4.69, 9.17) is 9.47 Å². The van der Waals surface area contributed by atoms with Gasteiger partial charge < -0.3 is 18.9 Å².